The molecule has 1 fully saturated rings. The summed E-state index contributed by atoms with van der Waals surface area (Å²) in [6.07, 6.45) is 2.50. The van der Waals surface area contributed by atoms with Crippen LogP contribution < -0.4 is 15.4 Å². The van der Waals surface area contributed by atoms with E-state index in [1.165, 1.54) is 7.11 Å². The zero-order valence-electron chi connectivity index (χ0n) is 9.35. The first kappa shape index (κ1) is 11.4. The van der Waals surface area contributed by atoms with E-state index >= 15 is 0 Å². The van der Waals surface area contributed by atoms with Gasteiger partial charge in [0.15, 0.2) is 5.82 Å². The third-order valence-electron chi connectivity index (χ3n) is 2.97. The van der Waals surface area contributed by atoms with E-state index in [1.54, 1.807) is 6.20 Å². The lowest BCUT2D eigenvalue weighted by atomic mass is 10.2. The number of nitrogens with two attached hydrogens (primary N) is 1. The van der Waals surface area contributed by atoms with E-state index in [2.05, 4.69) is 21.8 Å². The van der Waals surface area contributed by atoms with Gasteiger partial charge in [-0.15, -0.1) is 0 Å². The molecule has 2 unspecified atom stereocenters. The number of anilines is 1. The first-order chi connectivity index (χ1) is 7.63. The lowest BCUT2D eigenvalue weighted by molar-refractivity contribution is 0.379. The van der Waals surface area contributed by atoms with Crippen molar-refractivity contribution in [2.45, 2.75) is 25.4 Å². The van der Waals surface area contributed by atoms with Crippen LogP contribution in [-0.2, 0) is 0 Å². The third kappa shape index (κ3) is 1.92. The number of halogens is 1. The molecule has 5 nitrogen and oxygen atoms in total. The molecule has 0 aromatic carbocycles. The Morgan fingerprint density at radius 2 is 2.38 bits per heavy atom. The van der Waals surface area contributed by atoms with Crippen molar-refractivity contribution in [3.8, 4) is 6.01 Å². The van der Waals surface area contributed by atoms with Gasteiger partial charge in [-0.3, -0.25) is 0 Å². The topological polar surface area (TPSA) is 64.3 Å². The molecule has 0 bridgehead atoms. The van der Waals surface area contributed by atoms with E-state index in [0.29, 0.717) is 16.9 Å². The molecule has 1 aliphatic heterocycles. The number of rotatable bonds is 2. The number of methoxy groups -OCH3 is 1. The summed E-state index contributed by atoms with van der Waals surface area (Å²) >= 11 is 6.08. The largest absolute Gasteiger partial charge is 0.467 e. The van der Waals surface area contributed by atoms with Gasteiger partial charge in [0.05, 0.1) is 13.3 Å². The predicted octanol–water partition coefficient (Wildman–Crippen LogP) is 1.06. The Hall–Kier alpha value is -1.07. The van der Waals surface area contributed by atoms with E-state index < -0.39 is 0 Å². The quantitative estimate of drug-likeness (QED) is 0.840. The molecule has 0 saturated carbocycles. The number of aromatic nitrogens is 2. The first-order valence-electron chi connectivity index (χ1n) is 5.22. The van der Waals surface area contributed by atoms with Crippen molar-refractivity contribution >= 4 is 17.4 Å². The summed E-state index contributed by atoms with van der Waals surface area (Å²) in [5, 5.41) is 0.529. The Morgan fingerprint density at radius 1 is 1.62 bits per heavy atom. The van der Waals surface area contributed by atoms with Crippen LogP contribution in [0.2, 0.25) is 5.02 Å². The first-order valence-corrected chi connectivity index (χ1v) is 5.60. The molecule has 1 aromatic rings. The van der Waals surface area contributed by atoms with E-state index in [1.807, 2.05) is 0 Å². The SMILES string of the molecule is COc1ncc(Cl)c(N2CCC(N)C2C)n1. The van der Waals surface area contributed by atoms with Crippen molar-refractivity contribution in [1.29, 1.82) is 0 Å². The fourth-order valence-corrected chi connectivity index (χ4v) is 2.10. The second-order valence-corrected chi connectivity index (χ2v) is 4.32. The summed E-state index contributed by atoms with van der Waals surface area (Å²) in [6.45, 7) is 2.94. The Balaban J connectivity index is 2.32. The van der Waals surface area contributed by atoms with Gasteiger partial charge in [-0.05, 0) is 13.3 Å². The summed E-state index contributed by atoms with van der Waals surface area (Å²) in [5.41, 5.74) is 5.97. The minimum absolute atomic E-state index is 0.164. The van der Waals surface area contributed by atoms with Crippen LogP contribution in [0.3, 0.4) is 0 Å². The molecule has 88 valence electrons. The highest BCUT2D eigenvalue weighted by molar-refractivity contribution is 6.32. The monoisotopic (exact) mass is 242 g/mol. The van der Waals surface area contributed by atoms with Gasteiger partial charge >= 0.3 is 6.01 Å². The second kappa shape index (κ2) is 4.43. The molecule has 0 radical (unpaired) electrons. The molecule has 0 amide bonds. The lowest BCUT2D eigenvalue weighted by Gasteiger charge is -2.24. The maximum absolute atomic E-state index is 6.08. The van der Waals surface area contributed by atoms with Crippen LogP contribution in [0.5, 0.6) is 6.01 Å². The number of hydrogen-bond acceptors (Lipinski definition) is 5. The van der Waals surface area contributed by atoms with Crippen molar-refractivity contribution in [3.05, 3.63) is 11.2 Å². The minimum atomic E-state index is 0.164. The van der Waals surface area contributed by atoms with Gasteiger partial charge in [-0.1, -0.05) is 11.6 Å². The molecule has 2 rings (SSSR count). The molecule has 2 heterocycles. The van der Waals surface area contributed by atoms with Gasteiger partial charge in [0.25, 0.3) is 0 Å². The van der Waals surface area contributed by atoms with Crippen LogP contribution in [0.15, 0.2) is 6.20 Å². The number of nitrogens with zero attached hydrogens (tertiary/aromatic N) is 3. The van der Waals surface area contributed by atoms with Gasteiger partial charge in [0, 0.05) is 18.6 Å². The van der Waals surface area contributed by atoms with Crippen LogP contribution in [-0.4, -0.2) is 35.7 Å². The average Bonchev–Trinajstić information content (AvgIpc) is 2.61. The standard InChI is InChI=1S/C10H15ClN4O/c1-6-8(12)3-4-15(6)9-7(11)5-13-10(14-9)16-2/h5-6,8H,3-4,12H2,1-2H3. The summed E-state index contributed by atoms with van der Waals surface area (Å²) in [5.74, 6) is 0.703. The number of hydrogen-bond donors (Lipinski definition) is 1. The Morgan fingerprint density at radius 3 is 2.94 bits per heavy atom. The fourth-order valence-electron chi connectivity index (χ4n) is 1.91. The summed E-state index contributed by atoms with van der Waals surface area (Å²) in [6, 6.07) is 0.723. The van der Waals surface area contributed by atoms with Gasteiger partial charge in [0.1, 0.15) is 5.02 Å². The molecular weight excluding hydrogens is 228 g/mol. The van der Waals surface area contributed by atoms with Gasteiger partial charge < -0.3 is 15.4 Å². The molecule has 1 aromatic heterocycles. The maximum Gasteiger partial charge on any atom is 0.318 e. The second-order valence-electron chi connectivity index (χ2n) is 3.91. The molecule has 16 heavy (non-hydrogen) atoms. The highest BCUT2D eigenvalue weighted by Gasteiger charge is 2.30. The Labute approximate surface area is 99.6 Å². The highest BCUT2D eigenvalue weighted by Crippen LogP contribution is 2.30. The Kier molecular flexibility index (Phi) is 3.16. The van der Waals surface area contributed by atoms with Gasteiger partial charge in [0.2, 0.25) is 0 Å². The van der Waals surface area contributed by atoms with Gasteiger partial charge in [-0.2, -0.15) is 4.98 Å². The van der Waals surface area contributed by atoms with E-state index in [-0.39, 0.29) is 12.1 Å². The van der Waals surface area contributed by atoms with Crippen LogP contribution in [0.1, 0.15) is 13.3 Å². The Bertz CT molecular complexity index is 387. The zero-order chi connectivity index (χ0) is 11.7. The van der Waals surface area contributed by atoms with Crippen LogP contribution in [0, 0.1) is 0 Å². The minimum Gasteiger partial charge on any atom is -0.467 e. The molecule has 1 saturated heterocycles. The van der Waals surface area contributed by atoms with E-state index in [9.17, 15) is 0 Å². The van der Waals surface area contributed by atoms with E-state index in [0.717, 1.165) is 13.0 Å². The van der Waals surface area contributed by atoms with Crippen molar-refractivity contribution < 1.29 is 4.74 Å². The van der Waals surface area contributed by atoms with Crippen molar-refractivity contribution in [3.63, 3.8) is 0 Å². The average molecular weight is 243 g/mol. The third-order valence-corrected chi connectivity index (χ3v) is 3.24. The lowest BCUT2D eigenvalue weighted by Crippen LogP contribution is -2.37. The molecule has 2 N–H and O–H groups in total. The molecule has 1 aliphatic rings. The molecule has 0 aliphatic carbocycles. The van der Waals surface area contributed by atoms with Crippen LogP contribution >= 0.6 is 11.6 Å². The fraction of sp³-hybridized carbons (Fsp3) is 0.600. The number of ether oxygens (including phenoxy) is 1. The normalized spacial score (nSPS) is 24.9. The zero-order valence-corrected chi connectivity index (χ0v) is 10.1. The van der Waals surface area contributed by atoms with E-state index in [4.69, 9.17) is 22.1 Å². The van der Waals surface area contributed by atoms with Crippen molar-refractivity contribution in [2.75, 3.05) is 18.6 Å². The van der Waals surface area contributed by atoms with Crippen LogP contribution in [0.4, 0.5) is 5.82 Å². The van der Waals surface area contributed by atoms with Crippen molar-refractivity contribution in [2.24, 2.45) is 5.73 Å². The van der Waals surface area contributed by atoms with Crippen molar-refractivity contribution in [1.82, 2.24) is 9.97 Å². The summed E-state index contributed by atoms with van der Waals surface area (Å²) in [7, 11) is 1.53. The smallest absolute Gasteiger partial charge is 0.318 e. The molecular formula is C10H15ClN4O. The predicted molar refractivity (Wildman–Crippen MR) is 63.0 cm³/mol. The van der Waals surface area contributed by atoms with Gasteiger partial charge in [-0.25, -0.2) is 4.98 Å². The molecule has 0 spiro atoms. The summed E-state index contributed by atoms with van der Waals surface area (Å²) < 4.78 is 4.99. The maximum atomic E-state index is 6.08. The molecule has 2 atom stereocenters. The highest BCUT2D eigenvalue weighted by atomic mass is 35.5. The van der Waals surface area contributed by atoms with Crippen LogP contribution in [0.25, 0.3) is 0 Å². The molecule has 6 heteroatoms. The summed E-state index contributed by atoms with van der Waals surface area (Å²) in [4.78, 5) is 10.3.